The fourth-order valence-corrected chi connectivity index (χ4v) is 2.10. The Morgan fingerprint density at radius 3 is 2.33 bits per heavy atom. The SMILES string of the molecule is COc1ccc(C(N)Cc2cccc(C(F)(F)F)c2)cc1. The summed E-state index contributed by atoms with van der Waals surface area (Å²) in [5, 5.41) is 0. The zero-order chi connectivity index (χ0) is 15.5. The molecule has 0 aliphatic carbocycles. The average Bonchev–Trinajstić information content (AvgIpc) is 2.47. The number of hydrogen-bond donors (Lipinski definition) is 1. The Morgan fingerprint density at radius 1 is 1.10 bits per heavy atom. The van der Waals surface area contributed by atoms with Crippen LogP contribution in [0.15, 0.2) is 48.5 Å². The van der Waals surface area contributed by atoms with Gasteiger partial charge in [-0.25, -0.2) is 0 Å². The molecule has 2 aromatic rings. The van der Waals surface area contributed by atoms with Crippen LogP contribution in [-0.2, 0) is 12.6 Å². The lowest BCUT2D eigenvalue weighted by Crippen LogP contribution is -2.14. The Balaban J connectivity index is 2.13. The molecule has 5 heteroatoms. The maximum Gasteiger partial charge on any atom is 0.416 e. The highest BCUT2D eigenvalue weighted by Gasteiger charge is 2.30. The zero-order valence-corrected chi connectivity index (χ0v) is 11.5. The normalized spacial score (nSPS) is 13.0. The third-order valence-electron chi connectivity index (χ3n) is 3.25. The Labute approximate surface area is 121 Å². The number of methoxy groups -OCH3 is 1. The Morgan fingerprint density at radius 2 is 1.76 bits per heavy atom. The van der Waals surface area contributed by atoms with Crippen molar-refractivity contribution in [2.24, 2.45) is 5.73 Å². The van der Waals surface area contributed by atoms with Crippen molar-refractivity contribution in [2.75, 3.05) is 7.11 Å². The maximum absolute atomic E-state index is 12.7. The summed E-state index contributed by atoms with van der Waals surface area (Å²) in [6.45, 7) is 0. The topological polar surface area (TPSA) is 35.2 Å². The molecule has 0 fully saturated rings. The second-order valence-electron chi connectivity index (χ2n) is 4.78. The second kappa shape index (κ2) is 6.18. The molecule has 0 saturated carbocycles. The van der Waals surface area contributed by atoms with Gasteiger partial charge in [-0.15, -0.1) is 0 Å². The van der Waals surface area contributed by atoms with Crippen LogP contribution in [-0.4, -0.2) is 7.11 Å². The van der Waals surface area contributed by atoms with Gasteiger partial charge >= 0.3 is 6.18 Å². The Hall–Kier alpha value is -2.01. The predicted molar refractivity (Wildman–Crippen MR) is 75.1 cm³/mol. The van der Waals surface area contributed by atoms with E-state index in [1.165, 1.54) is 6.07 Å². The largest absolute Gasteiger partial charge is 0.497 e. The van der Waals surface area contributed by atoms with E-state index in [-0.39, 0.29) is 6.04 Å². The predicted octanol–water partition coefficient (Wildman–Crippen LogP) is 3.96. The number of hydrogen-bond acceptors (Lipinski definition) is 2. The van der Waals surface area contributed by atoms with Gasteiger partial charge in [0.2, 0.25) is 0 Å². The molecule has 112 valence electrons. The van der Waals surface area contributed by atoms with Crippen molar-refractivity contribution in [1.29, 1.82) is 0 Å². The molecule has 1 unspecified atom stereocenters. The van der Waals surface area contributed by atoms with Crippen molar-refractivity contribution in [2.45, 2.75) is 18.6 Å². The average molecular weight is 295 g/mol. The van der Waals surface area contributed by atoms with E-state index in [4.69, 9.17) is 10.5 Å². The summed E-state index contributed by atoms with van der Waals surface area (Å²) in [6.07, 6.45) is -3.99. The van der Waals surface area contributed by atoms with Crippen LogP contribution in [0, 0.1) is 0 Å². The smallest absolute Gasteiger partial charge is 0.416 e. The first-order valence-electron chi connectivity index (χ1n) is 6.46. The highest BCUT2D eigenvalue weighted by Crippen LogP contribution is 2.30. The summed E-state index contributed by atoms with van der Waals surface area (Å²) in [5.41, 5.74) is 6.82. The van der Waals surface area contributed by atoms with Crippen molar-refractivity contribution in [3.8, 4) is 5.75 Å². The maximum atomic E-state index is 12.7. The van der Waals surface area contributed by atoms with Crippen molar-refractivity contribution in [1.82, 2.24) is 0 Å². The molecule has 2 nitrogen and oxygen atoms in total. The van der Waals surface area contributed by atoms with Crippen LogP contribution >= 0.6 is 0 Å². The number of halogens is 3. The molecule has 2 N–H and O–H groups in total. The van der Waals surface area contributed by atoms with Gasteiger partial charge in [-0.2, -0.15) is 13.2 Å². The molecule has 0 aliphatic rings. The molecule has 0 aromatic heterocycles. The first-order valence-corrected chi connectivity index (χ1v) is 6.46. The molecule has 21 heavy (non-hydrogen) atoms. The zero-order valence-electron chi connectivity index (χ0n) is 11.5. The van der Waals surface area contributed by atoms with Crippen LogP contribution in [0.1, 0.15) is 22.7 Å². The molecular weight excluding hydrogens is 279 g/mol. The van der Waals surface area contributed by atoms with Crippen LogP contribution in [0.3, 0.4) is 0 Å². The van der Waals surface area contributed by atoms with Crippen molar-refractivity contribution in [3.63, 3.8) is 0 Å². The minimum absolute atomic E-state index is 0.344. The van der Waals surface area contributed by atoms with Crippen LogP contribution in [0.5, 0.6) is 5.75 Å². The molecule has 2 aromatic carbocycles. The molecule has 0 amide bonds. The van der Waals surface area contributed by atoms with E-state index in [2.05, 4.69) is 0 Å². The number of benzene rings is 2. The molecule has 0 spiro atoms. The minimum atomic E-state index is -4.33. The highest BCUT2D eigenvalue weighted by molar-refractivity contribution is 5.31. The lowest BCUT2D eigenvalue weighted by molar-refractivity contribution is -0.137. The fourth-order valence-electron chi connectivity index (χ4n) is 2.10. The third-order valence-corrected chi connectivity index (χ3v) is 3.25. The van der Waals surface area contributed by atoms with E-state index < -0.39 is 11.7 Å². The summed E-state index contributed by atoms with van der Waals surface area (Å²) in [5.74, 6) is 0.713. The second-order valence-corrected chi connectivity index (χ2v) is 4.78. The van der Waals surface area contributed by atoms with Crippen molar-refractivity contribution >= 4 is 0 Å². The summed E-state index contributed by atoms with van der Waals surface area (Å²) >= 11 is 0. The van der Waals surface area contributed by atoms with Gasteiger partial charge in [0.15, 0.2) is 0 Å². The van der Waals surface area contributed by atoms with Gasteiger partial charge in [-0.3, -0.25) is 0 Å². The summed E-state index contributed by atoms with van der Waals surface area (Å²) in [6, 6.07) is 12.1. The molecule has 0 heterocycles. The van der Waals surface area contributed by atoms with E-state index in [9.17, 15) is 13.2 Å². The summed E-state index contributed by atoms with van der Waals surface area (Å²) < 4.78 is 43.1. The lowest BCUT2D eigenvalue weighted by Gasteiger charge is -2.14. The molecule has 0 radical (unpaired) electrons. The van der Waals surface area contributed by atoms with Gasteiger partial charge < -0.3 is 10.5 Å². The van der Waals surface area contributed by atoms with E-state index in [1.807, 2.05) is 12.1 Å². The van der Waals surface area contributed by atoms with Crippen molar-refractivity contribution < 1.29 is 17.9 Å². The van der Waals surface area contributed by atoms with Crippen LogP contribution in [0.4, 0.5) is 13.2 Å². The van der Waals surface area contributed by atoms with E-state index in [1.54, 1.807) is 25.3 Å². The first-order chi connectivity index (χ1) is 9.90. The molecule has 0 saturated heterocycles. The Bertz CT molecular complexity index is 593. The number of nitrogens with two attached hydrogens (primary N) is 1. The van der Waals surface area contributed by atoms with E-state index in [0.29, 0.717) is 17.7 Å². The number of alkyl halides is 3. The molecule has 0 aliphatic heterocycles. The monoisotopic (exact) mass is 295 g/mol. The van der Waals surface area contributed by atoms with Crippen LogP contribution in [0.25, 0.3) is 0 Å². The third kappa shape index (κ3) is 3.98. The van der Waals surface area contributed by atoms with E-state index in [0.717, 1.165) is 17.7 Å². The first kappa shape index (κ1) is 15.4. The molecule has 1 atom stereocenters. The molecule has 2 rings (SSSR count). The van der Waals surface area contributed by atoms with Gasteiger partial charge in [-0.1, -0.05) is 30.3 Å². The lowest BCUT2D eigenvalue weighted by atomic mass is 9.98. The van der Waals surface area contributed by atoms with Crippen molar-refractivity contribution in [3.05, 3.63) is 65.2 Å². The quantitative estimate of drug-likeness (QED) is 0.926. The van der Waals surface area contributed by atoms with Gasteiger partial charge in [0, 0.05) is 6.04 Å². The summed E-state index contributed by atoms with van der Waals surface area (Å²) in [7, 11) is 1.57. The summed E-state index contributed by atoms with van der Waals surface area (Å²) in [4.78, 5) is 0. The number of rotatable bonds is 4. The minimum Gasteiger partial charge on any atom is -0.497 e. The van der Waals surface area contributed by atoms with Crippen LogP contribution in [0.2, 0.25) is 0 Å². The van der Waals surface area contributed by atoms with Crippen LogP contribution < -0.4 is 10.5 Å². The molecule has 0 bridgehead atoms. The highest BCUT2D eigenvalue weighted by atomic mass is 19.4. The van der Waals surface area contributed by atoms with Gasteiger partial charge in [0.05, 0.1) is 12.7 Å². The van der Waals surface area contributed by atoms with E-state index >= 15 is 0 Å². The standard InChI is InChI=1S/C16H16F3NO/c1-21-14-7-5-12(6-8-14)15(20)10-11-3-2-4-13(9-11)16(17,18)19/h2-9,15H,10,20H2,1H3. The van der Waals surface area contributed by atoms with Gasteiger partial charge in [0.1, 0.15) is 5.75 Å². The Kier molecular flexibility index (Phi) is 4.53. The van der Waals surface area contributed by atoms with Gasteiger partial charge in [0.25, 0.3) is 0 Å². The molecular formula is C16H16F3NO. The number of ether oxygens (including phenoxy) is 1. The fraction of sp³-hybridized carbons (Fsp3) is 0.250. The van der Waals surface area contributed by atoms with Gasteiger partial charge in [-0.05, 0) is 35.7 Å².